The second-order valence-corrected chi connectivity index (χ2v) is 25.1. The van der Waals surface area contributed by atoms with Gasteiger partial charge in [-0.25, -0.2) is 22.3 Å². The van der Waals surface area contributed by atoms with Crippen LogP contribution in [-0.4, -0.2) is 19.9 Å². The number of hydrogen-bond donors (Lipinski definition) is 0. The van der Waals surface area contributed by atoms with Gasteiger partial charge in [0.05, 0.1) is 9.21 Å². The van der Waals surface area contributed by atoms with Gasteiger partial charge in [0.2, 0.25) is 0 Å². The van der Waals surface area contributed by atoms with Crippen molar-refractivity contribution in [1.82, 2.24) is 29.9 Å². The number of nitrogens with zero attached hydrogens (tertiary/aromatic N) is 6. The Kier molecular flexibility index (Phi) is 33.7. The van der Waals surface area contributed by atoms with Gasteiger partial charge < -0.3 is 9.97 Å². The fourth-order valence-electron chi connectivity index (χ4n) is 11.0. The number of para-hydroxylation sites is 4. The van der Waals surface area contributed by atoms with Crippen molar-refractivity contribution in [2.75, 3.05) is 0 Å². The summed E-state index contributed by atoms with van der Waals surface area (Å²) >= 11 is 25.3. The molecule has 0 saturated carbocycles. The van der Waals surface area contributed by atoms with E-state index in [1.165, 1.54) is 21.5 Å². The standard InChI is InChI=1S/2C17H10BrN.2C17H10ClN.2C12H8N.2ClH.4Ni/c4*18-17-11-5-10-16(19-17)15-9-4-8-14(12-15)13-6-2-1-3-7-13;2*1-3-7-11-9(5-1)10-6-2-4-8-12(10)13-11;;;;;;/h4*1-6,8-11H;2*1-8H;2*1H;;;;/q4*-2;2*-1;;;2*+1;2*+3/p-2. The molecule has 6 aromatic heterocycles. The maximum Gasteiger partial charge on any atom is 3.00 e. The van der Waals surface area contributed by atoms with Crippen molar-refractivity contribution in [3.63, 3.8) is 0 Å². The number of benzene rings is 12. The molecule has 0 amide bonds. The molecule has 0 aliphatic heterocycles. The summed E-state index contributed by atoms with van der Waals surface area (Å²) in [6.07, 6.45) is 0. The van der Waals surface area contributed by atoms with Gasteiger partial charge in [-0.15, -0.1) is 117 Å². The van der Waals surface area contributed by atoms with Crippen LogP contribution >= 0.6 is 75.4 Å². The first kappa shape index (κ1) is 83.0. The zero-order valence-corrected chi connectivity index (χ0v) is 66.7. The molecule has 18 aromatic rings. The second kappa shape index (κ2) is 43.8. The summed E-state index contributed by atoms with van der Waals surface area (Å²) in [5.74, 6) is 0. The van der Waals surface area contributed by atoms with Gasteiger partial charge in [-0.2, -0.15) is 168 Å². The summed E-state index contributed by atoms with van der Waals surface area (Å²) in [6, 6.07) is 138. The van der Waals surface area contributed by atoms with Crippen molar-refractivity contribution in [3.8, 4) is 89.5 Å². The predicted octanol–water partition coefficient (Wildman–Crippen LogP) is 26.2. The molecule has 0 spiro atoms. The van der Waals surface area contributed by atoms with Gasteiger partial charge in [0.15, 0.2) is 0 Å². The van der Waals surface area contributed by atoms with Crippen molar-refractivity contribution in [2.24, 2.45) is 0 Å². The van der Waals surface area contributed by atoms with Crippen LogP contribution in [0.5, 0.6) is 0 Å². The molecule has 0 saturated heterocycles. The average molecular weight is 1780 g/mol. The second-order valence-electron chi connectivity index (χ2n) is 22.7. The fraction of sp³-hybridized carbons (Fsp3) is 0. The Labute approximate surface area is 701 Å². The molecular weight excluding hydrogens is 1730 g/mol. The number of hydrogen-bond acceptors (Lipinski definition) is 4. The number of pyridine rings is 4. The number of fused-ring (bicyclic) bond motifs is 6. The number of halogens is 6. The van der Waals surface area contributed by atoms with Crippen molar-refractivity contribution in [1.29, 1.82) is 0 Å². The summed E-state index contributed by atoms with van der Waals surface area (Å²) in [5.41, 5.74) is 19.8. The smallest absolute Gasteiger partial charge is 0.657 e. The number of aromatic nitrogens is 6. The van der Waals surface area contributed by atoms with E-state index in [-0.39, 0.29) is 33.0 Å². The van der Waals surface area contributed by atoms with Crippen LogP contribution in [0, 0.1) is 48.5 Å². The number of rotatable bonds is 8. The maximum absolute atomic E-state index is 5.92. The molecule has 0 aliphatic carbocycles. The van der Waals surface area contributed by atoms with Crippen LogP contribution in [0.1, 0.15) is 0 Å². The molecule has 18 rings (SSSR count). The van der Waals surface area contributed by atoms with Gasteiger partial charge in [0.25, 0.3) is 0 Å². The quantitative estimate of drug-likeness (QED) is 0.0857. The third-order valence-corrected chi connectivity index (χ3v) is 17.1. The van der Waals surface area contributed by atoms with Gasteiger partial charge in [-0.3, -0.25) is 19.9 Å². The normalized spacial score (nSPS) is 10.1. The van der Waals surface area contributed by atoms with E-state index in [0.29, 0.717) is 10.3 Å². The van der Waals surface area contributed by atoms with E-state index in [0.717, 1.165) is 121 Å². The van der Waals surface area contributed by atoms with E-state index in [4.69, 9.17) is 23.2 Å². The molecule has 540 valence electrons. The summed E-state index contributed by atoms with van der Waals surface area (Å²) in [7, 11) is 8.53. The Balaban J connectivity index is 0.000000148. The molecule has 6 nitrogen and oxygen atoms in total. The first-order valence-corrected chi connectivity index (χ1v) is 37.8. The molecule has 0 fully saturated rings. The van der Waals surface area contributed by atoms with Gasteiger partial charge in [0, 0.05) is 22.8 Å². The molecule has 0 bridgehead atoms. The van der Waals surface area contributed by atoms with Crippen molar-refractivity contribution >= 4 is 119 Å². The minimum atomic E-state index is 0. The van der Waals surface area contributed by atoms with Crippen molar-refractivity contribution in [3.05, 3.63) is 408 Å². The molecule has 6 heterocycles. The van der Waals surface area contributed by atoms with Crippen LogP contribution in [0.25, 0.3) is 133 Å². The third kappa shape index (κ3) is 23.5. The summed E-state index contributed by atoms with van der Waals surface area (Å²) < 4.78 is 1.66. The summed E-state index contributed by atoms with van der Waals surface area (Å²) in [4.78, 5) is 26.5. The minimum absolute atomic E-state index is 0. The zero-order chi connectivity index (χ0) is 73.7. The van der Waals surface area contributed by atoms with Crippen LogP contribution in [-0.2, 0) is 62.1 Å². The molecule has 0 N–H and O–H groups in total. The average Bonchev–Trinajstić information content (AvgIpc) is 1.63. The van der Waals surface area contributed by atoms with E-state index in [1.54, 1.807) is 12.1 Å². The van der Waals surface area contributed by atoms with Crippen molar-refractivity contribution < 1.29 is 62.1 Å². The van der Waals surface area contributed by atoms with E-state index < -0.39 is 0 Å². The summed E-state index contributed by atoms with van der Waals surface area (Å²) in [6.45, 7) is 0. The van der Waals surface area contributed by atoms with Crippen LogP contribution in [0.4, 0.5) is 0 Å². The van der Waals surface area contributed by atoms with Crippen LogP contribution in [0.15, 0.2) is 349 Å². The van der Waals surface area contributed by atoms with Crippen LogP contribution in [0.3, 0.4) is 0 Å². The van der Waals surface area contributed by atoms with Gasteiger partial charge >= 0.3 is 82.5 Å². The SMILES string of the molecule is Brc1cccc(-c2[c-]c(-c3[c-]cccc3)ccc2)n1.Brc1cccc(-c2[c-]c(-c3[c-]cccc3)ccc2)n1.Clc1cccc(-c2[c-]c(-c3[c-]cccc3)ccc2)n1.Clc1cccc(-c2[c-]c(-c3[c-]cccc3)ccc2)n1.[Cl][Ni].[Cl][Ni].[Ni+3].[Ni+3].c1ccc2c(c1)[n-]c1ccccc12.c1ccc2c(c1)[n-]c1ccccc12. The molecule has 16 heteroatoms. The molecule has 108 heavy (non-hydrogen) atoms. The first-order chi connectivity index (χ1) is 52.2. The molecule has 2 radical (unpaired) electrons. The fourth-order valence-corrected chi connectivity index (χ4v) is 12.0. The first-order valence-electron chi connectivity index (χ1n) is 32.7. The monoisotopic (exact) mass is 1770 g/mol. The Morgan fingerprint density at radius 1 is 0.231 bits per heavy atom. The molecule has 0 unspecified atom stereocenters. The van der Waals surface area contributed by atoms with E-state index >= 15 is 0 Å². The third-order valence-electron chi connectivity index (χ3n) is 15.8. The molecular formula is C92H56Br2Cl4N6Ni4-4. The van der Waals surface area contributed by atoms with Crippen LogP contribution < -0.4 is 9.97 Å². The largest absolute Gasteiger partial charge is 3.00 e. The molecule has 0 atom stereocenters. The molecule has 0 aliphatic rings. The minimum Gasteiger partial charge on any atom is -0.657 e. The maximum atomic E-state index is 5.92. The van der Waals surface area contributed by atoms with Gasteiger partial charge in [-0.1, -0.05) is 169 Å². The van der Waals surface area contributed by atoms with Crippen LogP contribution in [0.2, 0.25) is 10.3 Å². The Morgan fingerprint density at radius 3 is 0.685 bits per heavy atom. The topological polar surface area (TPSA) is 79.8 Å². The molecule has 12 aromatic carbocycles. The van der Waals surface area contributed by atoms with E-state index in [9.17, 15) is 0 Å². The Morgan fingerprint density at radius 2 is 0.444 bits per heavy atom. The predicted molar refractivity (Wildman–Crippen MR) is 438 cm³/mol. The zero-order valence-electron chi connectivity index (χ0n) is 56.5. The Bertz CT molecular complexity index is 5060. The van der Waals surface area contributed by atoms with E-state index in [2.05, 4.69) is 233 Å². The van der Waals surface area contributed by atoms with Crippen molar-refractivity contribution in [2.45, 2.75) is 0 Å². The summed E-state index contributed by atoms with van der Waals surface area (Å²) in [5, 5.41) is 5.97. The van der Waals surface area contributed by atoms with E-state index in [1.807, 2.05) is 255 Å². The Hall–Kier alpha value is -9.07. The van der Waals surface area contributed by atoms with Gasteiger partial charge in [-0.05, 0) is 77.7 Å². The van der Waals surface area contributed by atoms with Gasteiger partial charge in [0.1, 0.15) is 10.3 Å².